The number of carbonyl (C=O) groups is 3. The number of aliphatic carboxylic acids is 1. The van der Waals surface area contributed by atoms with Crippen LogP contribution in [-0.4, -0.2) is 40.4 Å². The Morgan fingerprint density at radius 3 is 2.39 bits per heavy atom. The molecule has 146 valence electrons. The summed E-state index contributed by atoms with van der Waals surface area (Å²) in [5, 5.41) is 12.0. The first kappa shape index (κ1) is 19.6. The molecule has 3 rings (SSSR count). The fraction of sp³-hybridized carbons (Fsp3) is 0.318. The van der Waals surface area contributed by atoms with Gasteiger partial charge in [-0.25, -0.2) is 0 Å². The van der Waals surface area contributed by atoms with Gasteiger partial charge in [0.2, 0.25) is 0 Å². The molecule has 0 aromatic heterocycles. The van der Waals surface area contributed by atoms with E-state index in [4.69, 9.17) is 0 Å². The monoisotopic (exact) mass is 380 g/mol. The van der Waals surface area contributed by atoms with Crippen LogP contribution in [0.25, 0.3) is 0 Å². The highest BCUT2D eigenvalue weighted by Crippen LogP contribution is 2.30. The maximum absolute atomic E-state index is 13.0. The lowest BCUT2D eigenvalue weighted by Gasteiger charge is -2.25. The summed E-state index contributed by atoms with van der Waals surface area (Å²) in [4.78, 5) is 38.3. The Balaban J connectivity index is 1.80. The number of amides is 2. The predicted octanol–water partition coefficient (Wildman–Crippen LogP) is 3.57. The first-order valence-corrected chi connectivity index (χ1v) is 9.37. The van der Waals surface area contributed by atoms with E-state index in [2.05, 4.69) is 5.32 Å². The van der Waals surface area contributed by atoms with Crippen molar-refractivity contribution in [1.82, 2.24) is 4.90 Å². The molecule has 0 aliphatic heterocycles. The molecular formula is C22H24N2O4. The predicted molar refractivity (Wildman–Crippen MR) is 106 cm³/mol. The van der Waals surface area contributed by atoms with Crippen LogP contribution >= 0.6 is 0 Å². The van der Waals surface area contributed by atoms with Crippen molar-refractivity contribution in [1.29, 1.82) is 0 Å². The fourth-order valence-corrected chi connectivity index (χ4v) is 3.00. The second-order valence-electron chi connectivity index (χ2n) is 7.28. The van der Waals surface area contributed by atoms with Crippen molar-refractivity contribution < 1.29 is 19.5 Å². The average Bonchev–Trinajstić information content (AvgIpc) is 3.52. The van der Waals surface area contributed by atoms with Crippen LogP contribution in [0.2, 0.25) is 0 Å². The minimum atomic E-state index is -0.918. The molecule has 0 bridgehead atoms. The van der Waals surface area contributed by atoms with Crippen molar-refractivity contribution in [3.8, 4) is 0 Å². The van der Waals surface area contributed by atoms with Gasteiger partial charge in [-0.1, -0.05) is 31.2 Å². The van der Waals surface area contributed by atoms with Gasteiger partial charge >= 0.3 is 5.97 Å². The van der Waals surface area contributed by atoms with Crippen molar-refractivity contribution in [2.75, 3.05) is 11.9 Å². The molecule has 0 saturated heterocycles. The van der Waals surface area contributed by atoms with Crippen molar-refractivity contribution in [2.45, 2.75) is 32.7 Å². The topological polar surface area (TPSA) is 86.7 Å². The van der Waals surface area contributed by atoms with Crippen molar-refractivity contribution >= 4 is 23.5 Å². The van der Waals surface area contributed by atoms with Crippen LogP contribution in [-0.2, 0) is 4.79 Å². The molecular weight excluding hydrogens is 356 g/mol. The number of carboxylic acid groups (broad SMARTS) is 1. The van der Waals surface area contributed by atoms with E-state index in [-0.39, 0.29) is 24.4 Å². The standard InChI is InChI=1S/C22H24N2O4/c1-14-8-9-17(12-19(14)23-20(25)16-6-4-3-5-7-16)21(26)24(18-10-11-18)13-15(2)22(27)28/h3-9,12,15,18H,10-11,13H2,1-2H3,(H,23,25)(H,27,28). The van der Waals surface area contributed by atoms with Crippen LogP contribution in [0.15, 0.2) is 48.5 Å². The van der Waals surface area contributed by atoms with Gasteiger partial charge in [0.25, 0.3) is 11.8 Å². The van der Waals surface area contributed by atoms with Crippen LogP contribution in [0.3, 0.4) is 0 Å². The number of anilines is 1. The average molecular weight is 380 g/mol. The minimum absolute atomic E-state index is 0.0953. The number of hydrogen-bond donors (Lipinski definition) is 2. The SMILES string of the molecule is Cc1ccc(C(=O)N(CC(C)C(=O)O)C2CC2)cc1NC(=O)c1ccccc1. The number of carboxylic acids is 1. The zero-order valence-corrected chi connectivity index (χ0v) is 16.0. The van der Waals surface area contributed by atoms with Gasteiger partial charge in [-0.15, -0.1) is 0 Å². The maximum Gasteiger partial charge on any atom is 0.308 e. The van der Waals surface area contributed by atoms with Crippen LogP contribution in [0.4, 0.5) is 5.69 Å². The lowest BCUT2D eigenvalue weighted by Crippen LogP contribution is -2.38. The van der Waals surface area contributed by atoms with Gasteiger partial charge in [-0.3, -0.25) is 14.4 Å². The second-order valence-corrected chi connectivity index (χ2v) is 7.28. The molecule has 6 heteroatoms. The molecule has 2 N–H and O–H groups in total. The van der Waals surface area contributed by atoms with Crippen molar-refractivity contribution in [3.63, 3.8) is 0 Å². The van der Waals surface area contributed by atoms with Crippen LogP contribution in [0, 0.1) is 12.8 Å². The van der Waals surface area contributed by atoms with Gasteiger partial charge in [0.1, 0.15) is 0 Å². The number of aryl methyl sites for hydroxylation is 1. The molecule has 1 fully saturated rings. The number of rotatable bonds is 7. The summed E-state index contributed by atoms with van der Waals surface area (Å²) >= 11 is 0. The Hall–Kier alpha value is -3.15. The summed E-state index contributed by atoms with van der Waals surface area (Å²) in [6.07, 6.45) is 1.78. The number of carbonyl (C=O) groups excluding carboxylic acids is 2. The number of hydrogen-bond acceptors (Lipinski definition) is 3. The highest BCUT2D eigenvalue weighted by molar-refractivity contribution is 6.05. The van der Waals surface area contributed by atoms with Gasteiger partial charge in [0.15, 0.2) is 0 Å². The molecule has 28 heavy (non-hydrogen) atoms. The third kappa shape index (κ3) is 4.57. The summed E-state index contributed by atoms with van der Waals surface area (Å²) in [6, 6.07) is 14.1. The normalized spacial score (nSPS) is 14.2. The molecule has 0 spiro atoms. The summed E-state index contributed by atoms with van der Waals surface area (Å²) in [5.74, 6) is -2.00. The molecule has 2 amide bonds. The maximum atomic E-state index is 13.0. The molecule has 2 aromatic carbocycles. The van der Waals surface area contributed by atoms with E-state index in [1.807, 2.05) is 13.0 Å². The van der Waals surface area contributed by atoms with E-state index in [1.54, 1.807) is 54.3 Å². The first-order chi connectivity index (χ1) is 13.4. The summed E-state index contributed by atoms with van der Waals surface area (Å²) in [5.41, 5.74) is 2.39. The lowest BCUT2D eigenvalue weighted by molar-refractivity contribution is -0.141. The molecule has 1 unspecified atom stereocenters. The van der Waals surface area contributed by atoms with E-state index >= 15 is 0 Å². The first-order valence-electron chi connectivity index (χ1n) is 9.37. The minimum Gasteiger partial charge on any atom is -0.481 e. The highest BCUT2D eigenvalue weighted by atomic mass is 16.4. The number of nitrogens with zero attached hydrogens (tertiary/aromatic N) is 1. The lowest BCUT2D eigenvalue weighted by atomic mass is 10.1. The molecule has 1 atom stereocenters. The van der Waals surface area contributed by atoms with E-state index in [0.717, 1.165) is 18.4 Å². The van der Waals surface area contributed by atoms with Gasteiger partial charge in [-0.05, 0) is 49.6 Å². The smallest absolute Gasteiger partial charge is 0.308 e. The number of benzene rings is 2. The zero-order valence-electron chi connectivity index (χ0n) is 16.0. The third-order valence-electron chi connectivity index (χ3n) is 4.91. The van der Waals surface area contributed by atoms with E-state index < -0.39 is 11.9 Å². The van der Waals surface area contributed by atoms with Crippen molar-refractivity contribution in [2.24, 2.45) is 5.92 Å². The number of nitrogens with one attached hydrogen (secondary N) is 1. The van der Waals surface area contributed by atoms with E-state index in [0.29, 0.717) is 16.8 Å². The zero-order chi connectivity index (χ0) is 20.3. The Labute approximate surface area is 164 Å². The highest BCUT2D eigenvalue weighted by Gasteiger charge is 2.35. The molecule has 0 radical (unpaired) electrons. The van der Waals surface area contributed by atoms with E-state index in [9.17, 15) is 19.5 Å². The molecule has 1 aliphatic rings. The molecule has 1 aliphatic carbocycles. The Morgan fingerprint density at radius 2 is 1.79 bits per heavy atom. The van der Waals surface area contributed by atoms with E-state index in [1.165, 1.54) is 0 Å². The Bertz CT molecular complexity index is 891. The Kier molecular flexibility index (Phi) is 5.78. The van der Waals surface area contributed by atoms with Gasteiger partial charge in [0.05, 0.1) is 5.92 Å². The summed E-state index contributed by atoms with van der Waals surface area (Å²) in [7, 11) is 0. The van der Waals surface area contributed by atoms with Crippen LogP contribution in [0.1, 0.15) is 46.0 Å². The van der Waals surface area contributed by atoms with Crippen molar-refractivity contribution in [3.05, 3.63) is 65.2 Å². The van der Waals surface area contributed by atoms with Gasteiger partial charge in [0, 0.05) is 29.4 Å². The fourth-order valence-electron chi connectivity index (χ4n) is 3.00. The third-order valence-corrected chi connectivity index (χ3v) is 4.91. The van der Waals surface area contributed by atoms with Gasteiger partial charge < -0.3 is 15.3 Å². The molecule has 0 heterocycles. The molecule has 1 saturated carbocycles. The largest absolute Gasteiger partial charge is 0.481 e. The summed E-state index contributed by atoms with van der Waals surface area (Å²) in [6.45, 7) is 3.64. The second kappa shape index (κ2) is 8.25. The quantitative estimate of drug-likeness (QED) is 0.769. The molecule has 6 nitrogen and oxygen atoms in total. The van der Waals surface area contributed by atoms with Gasteiger partial charge in [-0.2, -0.15) is 0 Å². The Morgan fingerprint density at radius 1 is 1.11 bits per heavy atom. The molecule has 2 aromatic rings. The van der Waals surface area contributed by atoms with Crippen LogP contribution < -0.4 is 5.32 Å². The van der Waals surface area contributed by atoms with Crippen LogP contribution in [0.5, 0.6) is 0 Å². The summed E-state index contributed by atoms with van der Waals surface area (Å²) < 4.78 is 0.